The van der Waals surface area contributed by atoms with Gasteiger partial charge in [-0.3, -0.25) is 14.3 Å². The fraction of sp³-hybridized carbons (Fsp3) is 0.188. The van der Waals surface area contributed by atoms with Crippen molar-refractivity contribution in [3.8, 4) is 5.82 Å². The molecule has 0 saturated heterocycles. The van der Waals surface area contributed by atoms with Gasteiger partial charge in [0.15, 0.2) is 0 Å². The summed E-state index contributed by atoms with van der Waals surface area (Å²) in [5, 5.41) is 5.99. The summed E-state index contributed by atoms with van der Waals surface area (Å²) in [5.41, 5.74) is 0.509. The van der Waals surface area contributed by atoms with Crippen LogP contribution in [-0.2, 0) is 0 Å². The minimum absolute atomic E-state index is 0.173. The van der Waals surface area contributed by atoms with Gasteiger partial charge in [0.1, 0.15) is 23.8 Å². The van der Waals surface area contributed by atoms with Crippen LogP contribution in [0.3, 0.4) is 0 Å². The second kappa shape index (κ2) is 7.84. The zero-order valence-electron chi connectivity index (χ0n) is 13.5. The highest BCUT2D eigenvalue weighted by molar-refractivity contribution is 9.10. The fourth-order valence-corrected chi connectivity index (χ4v) is 2.57. The highest BCUT2D eigenvalue weighted by Crippen LogP contribution is 2.11. The van der Waals surface area contributed by atoms with Gasteiger partial charge in [-0.2, -0.15) is 0 Å². The number of hydrogen-bond donors (Lipinski definition) is 2. The van der Waals surface area contributed by atoms with E-state index in [0.29, 0.717) is 24.5 Å². The van der Waals surface area contributed by atoms with Crippen molar-refractivity contribution in [1.82, 2.24) is 29.8 Å². The van der Waals surface area contributed by atoms with E-state index < -0.39 is 0 Å². The summed E-state index contributed by atoms with van der Waals surface area (Å²) < 4.78 is 2.64. The van der Waals surface area contributed by atoms with Crippen LogP contribution in [0.15, 0.2) is 47.7 Å². The van der Waals surface area contributed by atoms with E-state index in [1.165, 1.54) is 12.5 Å². The van der Waals surface area contributed by atoms with Gasteiger partial charge in [-0.05, 0) is 28.9 Å². The van der Waals surface area contributed by atoms with Crippen molar-refractivity contribution in [2.24, 2.45) is 0 Å². The van der Waals surface area contributed by atoms with E-state index in [4.69, 9.17) is 0 Å². The normalized spacial score (nSPS) is 10.5. The van der Waals surface area contributed by atoms with Gasteiger partial charge >= 0.3 is 0 Å². The summed E-state index contributed by atoms with van der Waals surface area (Å²) in [5.74, 6) is 2.08. The number of nitrogens with zero attached hydrogens (tertiary/aromatic N) is 5. The van der Waals surface area contributed by atoms with E-state index in [1.54, 1.807) is 18.5 Å². The minimum Gasteiger partial charge on any atom is -0.368 e. The van der Waals surface area contributed by atoms with Crippen LogP contribution in [0.2, 0.25) is 0 Å². The lowest BCUT2D eigenvalue weighted by molar-refractivity contribution is 0.0954. The molecular weight excluding hydrogens is 386 g/mol. The van der Waals surface area contributed by atoms with Gasteiger partial charge in [0.05, 0.1) is 5.56 Å². The average Bonchev–Trinajstić information content (AvgIpc) is 3.05. The Morgan fingerprint density at radius 2 is 2.08 bits per heavy atom. The molecule has 25 heavy (non-hydrogen) atoms. The molecule has 8 nitrogen and oxygen atoms in total. The molecule has 1 amide bonds. The molecule has 0 saturated carbocycles. The summed E-state index contributed by atoms with van der Waals surface area (Å²) in [4.78, 5) is 28.6. The SMILES string of the molecule is Cc1nccn1-c1cc(NCCNC(=O)c2cncc(Br)c2)ncn1. The van der Waals surface area contributed by atoms with E-state index in [9.17, 15) is 4.79 Å². The lowest BCUT2D eigenvalue weighted by Gasteiger charge is -2.09. The van der Waals surface area contributed by atoms with Crippen LogP contribution in [0.25, 0.3) is 5.82 Å². The first-order valence-corrected chi connectivity index (χ1v) is 8.38. The number of carbonyl (C=O) groups excluding carboxylic acids is 1. The predicted molar refractivity (Wildman–Crippen MR) is 96.7 cm³/mol. The second-order valence-electron chi connectivity index (χ2n) is 5.18. The standard InChI is InChI=1S/C16H16BrN7O/c1-11-19-4-5-24(11)15-7-14(22-10-23-15)20-2-3-21-16(25)12-6-13(17)9-18-8-12/h4-10H,2-3H2,1H3,(H,21,25)(H,20,22,23). The number of amides is 1. The molecule has 0 unspecified atom stereocenters. The third-order valence-corrected chi connectivity index (χ3v) is 3.84. The van der Waals surface area contributed by atoms with E-state index in [0.717, 1.165) is 16.1 Å². The molecule has 0 aliphatic heterocycles. The van der Waals surface area contributed by atoms with Crippen molar-refractivity contribution in [1.29, 1.82) is 0 Å². The molecule has 9 heteroatoms. The molecule has 3 aromatic rings. The van der Waals surface area contributed by atoms with Crippen molar-refractivity contribution >= 4 is 27.7 Å². The van der Waals surface area contributed by atoms with Crippen LogP contribution in [-0.4, -0.2) is 43.5 Å². The van der Waals surface area contributed by atoms with Crippen LogP contribution in [0.5, 0.6) is 0 Å². The molecule has 2 N–H and O–H groups in total. The smallest absolute Gasteiger partial charge is 0.252 e. The first-order valence-electron chi connectivity index (χ1n) is 7.58. The summed E-state index contributed by atoms with van der Waals surface area (Å²) >= 11 is 3.30. The molecule has 0 radical (unpaired) electrons. The lowest BCUT2D eigenvalue weighted by atomic mass is 10.3. The molecular formula is C16H16BrN7O. The number of rotatable bonds is 6. The summed E-state index contributed by atoms with van der Waals surface area (Å²) in [6, 6.07) is 3.55. The van der Waals surface area contributed by atoms with E-state index in [-0.39, 0.29) is 5.91 Å². The van der Waals surface area contributed by atoms with Crippen molar-refractivity contribution in [3.05, 3.63) is 59.1 Å². The van der Waals surface area contributed by atoms with Crippen LogP contribution in [0.4, 0.5) is 5.82 Å². The van der Waals surface area contributed by atoms with Crippen LogP contribution in [0.1, 0.15) is 16.2 Å². The van der Waals surface area contributed by atoms with E-state index >= 15 is 0 Å². The van der Waals surface area contributed by atoms with Gasteiger partial charge in [0.2, 0.25) is 0 Å². The molecule has 3 aromatic heterocycles. The number of halogens is 1. The van der Waals surface area contributed by atoms with Crippen LogP contribution < -0.4 is 10.6 Å². The molecule has 0 aliphatic rings. The first-order chi connectivity index (χ1) is 12.1. The number of aromatic nitrogens is 5. The second-order valence-corrected chi connectivity index (χ2v) is 6.10. The molecule has 128 valence electrons. The maximum atomic E-state index is 12.0. The predicted octanol–water partition coefficient (Wildman–Crippen LogP) is 1.97. The summed E-state index contributed by atoms with van der Waals surface area (Å²) in [7, 11) is 0. The number of imidazole rings is 1. The topological polar surface area (TPSA) is 97.6 Å². The van der Waals surface area contributed by atoms with Gasteiger partial charge in [0.25, 0.3) is 5.91 Å². The lowest BCUT2D eigenvalue weighted by Crippen LogP contribution is -2.29. The Morgan fingerprint density at radius 3 is 2.84 bits per heavy atom. The molecule has 0 spiro atoms. The average molecular weight is 402 g/mol. The summed E-state index contributed by atoms with van der Waals surface area (Å²) in [6.07, 6.45) is 8.21. The molecule has 3 rings (SSSR count). The Hall–Kier alpha value is -2.81. The largest absolute Gasteiger partial charge is 0.368 e. The fourth-order valence-electron chi connectivity index (χ4n) is 2.20. The van der Waals surface area contributed by atoms with E-state index in [1.807, 2.05) is 23.8 Å². The Kier molecular flexibility index (Phi) is 5.34. The molecule has 0 atom stereocenters. The summed E-state index contributed by atoms with van der Waals surface area (Å²) in [6.45, 7) is 2.89. The Morgan fingerprint density at radius 1 is 1.20 bits per heavy atom. The van der Waals surface area contributed by atoms with E-state index in [2.05, 4.69) is 46.5 Å². The van der Waals surface area contributed by atoms with Crippen LogP contribution in [0, 0.1) is 6.92 Å². The number of carbonyl (C=O) groups is 1. The van der Waals surface area contributed by atoms with Gasteiger partial charge in [-0.1, -0.05) is 0 Å². The zero-order valence-corrected chi connectivity index (χ0v) is 15.1. The molecule has 0 bridgehead atoms. The molecule has 3 heterocycles. The Balaban J connectivity index is 1.53. The van der Waals surface area contributed by atoms with Gasteiger partial charge in [-0.25, -0.2) is 15.0 Å². The van der Waals surface area contributed by atoms with Crippen LogP contribution >= 0.6 is 15.9 Å². The Labute approximate surface area is 152 Å². The third kappa shape index (κ3) is 4.38. The van der Waals surface area contributed by atoms with Crippen molar-refractivity contribution < 1.29 is 4.79 Å². The maximum absolute atomic E-state index is 12.0. The number of anilines is 1. The molecule has 0 fully saturated rings. The van der Waals surface area contributed by atoms with Gasteiger partial charge < -0.3 is 10.6 Å². The van der Waals surface area contributed by atoms with Gasteiger partial charge in [0, 0.05) is 48.4 Å². The number of aryl methyl sites for hydroxylation is 1. The van der Waals surface area contributed by atoms with Crippen molar-refractivity contribution in [3.63, 3.8) is 0 Å². The number of nitrogens with one attached hydrogen (secondary N) is 2. The quantitative estimate of drug-likeness (QED) is 0.612. The highest BCUT2D eigenvalue weighted by Gasteiger charge is 2.06. The molecule has 0 aromatic carbocycles. The first kappa shape index (κ1) is 17.0. The third-order valence-electron chi connectivity index (χ3n) is 3.41. The van der Waals surface area contributed by atoms with Gasteiger partial charge in [-0.15, -0.1) is 0 Å². The molecule has 0 aliphatic carbocycles. The highest BCUT2D eigenvalue weighted by atomic mass is 79.9. The minimum atomic E-state index is -0.173. The monoisotopic (exact) mass is 401 g/mol. The van der Waals surface area contributed by atoms with Crippen molar-refractivity contribution in [2.75, 3.05) is 18.4 Å². The zero-order chi connectivity index (χ0) is 17.6. The number of pyridine rings is 1. The number of hydrogen-bond acceptors (Lipinski definition) is 6. The Bertz CT molecular complexity index is 880. The maximum Gasteiger partial charge on any atom is 0.252 e. The van der Waals surface area contributed by atoms with Crippen molar-refractivity contribution in [2.45, 2.75) is 6.92 Å².